The van der Waals surface area contributed by atoms with Crippen molar-refractivity contribution in [3.05, 3.63) is 59.3 Å². The summed E-state index contributed by atoms with van der Waals surface area (Å²) in [5, 5.41) is 14.4. The molecule has 2 N–H and O–H groups in total. The van der Waals surface area contributed by atoms with Gasteiger partial charge in [0.25, 0.3) is 0 Å². The van der Waals surface area contributed by atoms with Gasteiger partial charge in [0, 0.05) is 17.9 Å². The van der Waals surface area contributed by atoms with Crippen LogP contribution in [0.5, 0.6) is 0 Å². The minimum Gasteiger partial charge on any atom is -0.381 e. The van der Waals surface area contributed by atoms with Crippen molar-refractivity contribution in [3.8, 4) is 0 Å². The van der Waals surface area contributed by atoms with Gasteiger partial charge in [-0.1, -0.05) is 0 Å². The highest BCUT2D eigenvalue weighted by Crippen LogP contribution is 2.16. The number of benzene rings is 1. The van der Waals surface area contributed by atoms with E-state index in [0.717, 1.165) is 17.9 Å². The average molecular weight is 327 g/mol. The number of carbonyl (C=O) groups is 1. The number of nitrogens with one attached hydrogen (secondary N) is 2. The second-order valence-corrected chi connectivity index (χ2v) is 5.88. The Balaban J connectivity index is 1.55. The monoisotopic (exact) mass is 327 g/mol. The molecule has 1 amide bonds. The summed E-state index contributed by atoms with van der Waals surface area (Å²) in [6.45, 7) is 2.57. The van der Waals surface area contributed by atoms with E-state index in [1.165, 1.54) is 22.9 Å². The summed E-state index contributed by atoms with van der Waals surface area (Å²) >= 11 is 1.69. The van der Waals surface area contributed by atoms with Crippen molar-refractivity contribution in [2.45, 2.75) is 19.5 Å². The van der Waals surface area contributed by atoms with Gasteiger partial charge in [0.15, 0.2) is 0 Å². The zero-order valence-corrected chi connectivity index (χ0v) is 13.5. The lowest BCUT2D eigenvalue weighted by Crippen LogP contribution is -2.24. The predicted molar refractivity (Wildman–Crippen MR) is 91.5 cm³/mol. The van der Waals surface area contributed by atoms with Crippen LogP contribution < -0.4 is 10.6 Å². The molecule has 7 heteroatoms. The fourth-order valence-electron chi connectivity index (χ4n) is 2.05. The van der Waals surface area contributed by atoms with Crippen LogP contribution in [0.4, 0.5) is 11.4 Å². The van der Waals surface area contributed by atoms with Crippen LogP contribution in [0.25, 0.3) is 0 Å². The van der Waals surface area contributed by atoms with Crippen LogP contribution in [0.3, 0.4) is 0 Å². The maximum Gasteiger partial charge on any atom is 0.249 e. The second-order valence-electron chi connectivity index (χ2n) is 5.10. The van der Waals surface area contributed by atoms with E-state index in [9.17, 15) is 4.79 Å². The van der Waals surface area contributed by atoms with Gasteiger partial charge in [-0.3, -0.25) is 4.79 Å². The number of rotatable bonds is 6. The molecule has 0 radical (unpaired) electrons. The molecule has 0 unspecified atom stereocenters. The molecule has 0 bridgehead atoms. The zero-order chi connectivity index (χ0) is 16.1. The van der Waals surface area contributed by atoms with E-state index in [1.54, 1.807) is 18.3 Å². The molecule has 0 fully saturated rings. The number of hydrogen-bond donors (Lipinski definition) is 2. The lowest BCUT2D eigenvalue weighted by molar-refractivity contribution is -0.119. The number of amides is 1. The summed E-state index contributed by atoms with van der Waals surface area (Å²) in [6.07, 6.45) is 2.94. The van der Waals surface area contributed by atoms with Crippen molar-refractivity contribution in [2.75, 3.05) is 10.6 Å². The first-order valence-corrected chi connectivity index (χ1v) is 8.16. The highest BCUT2D eigenvalue weighted by atomic mass is 32.1. The third kappa shape index (κ3) is 3.95. The van der Waals surface area contributed by atoms with Gasteiger partial charge < -0.3 is 10.6 Å². The molecule has 1 aromatic carbocycles. The molecule has 0 aliphatic rings. The van der Waals surface area contributed by atoms with E-state index in [0.29, 0.717) is 0 Å². The van der Waals surface area contributed by atoms with Crippen molar-refractivity contribution in [2.24, 2.45) is 0 Å². The predicted octanol–water partition coefficient (Wildman–Crippen LogP) is 3.15. The Morgan fingerprint density at radius 2 is 2.04 bits per heavy atom. The van der Waals surface area contributed by atoms with Gasteiger partial charge in [-0.25, -0.2) is 9.67 Å². The number of thiophene rings is 1. The first kappa shape index (κ1) is 15.2. The number of carbonyl (C=O) groups excluding carboxylic acids is 1. The molecule has 3 aromatic rings. The van der Waals surface area contributed by atoms with E-state index in [4.69, 9.17) is 0 Å². The molecule has 0 aliphatic carbocycles. The Morgan fingerprint density at radius 3 is 2.70 bits per heavy atom. The molecule has 1 atom stereocenters. The summed E-state index contributed by atoms with van der Waals surface area (Å²) in [7, 11) is 0. The van der Waals surface area contributed by atoms with Crippen LogP contribution in [-0.4, -0.2) is 20.7 Å². The first-order chi connectivity index (χ1) is 11.2. The van der Waals surface area contributed by atoms with E-state index in [2.05, 4.69) is 37.5 Å². The van der Waals surface area contributed by atoms with Gasteiger partial charge in [0.05, 0.1) is 0 Å². The van der Waals surface area contributed by atoms with Gasteiger partial charge in [0.2, 0.25) is 5.91 Å². The van der Waals surface area contributed by atoms with Crippen LogP contribution in [0.1, 0.15) is 18.5 Å². The molecular formula is C16H17N5OS. The topological polar surface area (TPSA) is 71.8 Å². The smallest absolute Gasteiger partial charge is 0.249 e. The normalized spacial score (nSPS) is 11.9. The van der Waals surface area contributed by atoms with Crippen molar-refractivity contribution in [3.63, 3.8) is 0 Å². The molecule has 23 heavy (non-hydrogen) atoms. The Kier molecular flexibility index (Phi) is 4.68. The standard InChI is InChI=1S/C16H17N5OS/c1-12(21-11-17-10-19-21)16(22)20-15-4-2-14(3-5-15)18-8-13-6-7-23-9-13/h2-7,9-12,18H,8H2,1H3,(H,20,22)/t12-/m1/s1. The van der Waals surface area contributed by atoms with E-state index in [-0.39, 0.29) is 5.91 Å². The SMILES string of the molecule is C[C@H](C(=O)Nc1ccc(NCc2ccsc2)cc1)n1cncn1. The number of aromatic nitrogens is 3. The van der Waals surface area contributed by atoms with Crippen LogP contribution in [0, 0.1) is 0 Å². The molecule has 2 aromatic heterocycles. The van der Waals surface area contributed by atoms with Crippen molar-refractivity contribution in [1.82, 2.24) is 14.8 Å². The Hall–Kier alpha value is -2.67. The van der Waals surface area contributed by atoms with Crippen molar-refractivity contribution in [1.29, 1.82) is 0 Å². The van der Waals surface area contributed by atoms with Crippen LogP contribution in [0.15, 0.2) is 53.7 Å². The summed E-state index contributed by atoms with van der Waals surface area (Å²) in [6, 6.07) is 9.33. The Morgan fingerprint density at radius 1 is 1.26 bits per heavy atom. The van der Waals surface area contributed by atoms with E-state index >= 15 is 0 Å². The number of nitrogens with zero attached hydrogens (tertiary/aromatic N) is 3. The third-order valence-corrected chi connectivity index (χ3v) is 4.17. The molecule has 0 saturated carbocycles. The highest BCUT2D eigenvalue weighted by molar-refractivity contribution is 7.07. The Labute approximate surface area is 138 Å². The molecule has 3 rings (SSSR count). The van der Waals surface area contributed by atoms with E-state index < -0.39 is 6.04 Å². The fraction of sp³-hybridized carbons (Fsp3) is 0.188. The van der Waals surface area contributed by atoms with Gasteiger partial charge in [-0.05, 0) is 53.6 Å². The van der Waals surface area contributed by atoms with Crippen LogP contribution in [-0.2, 0) is 11.3 Å². The molecular weight excluding hydrogens is 310 g/mol. The summed E-state index contributed by atoms with van der Waals surface area (Å²) < 4.78 is 1.52. The van der Waals surface area contributed by atoms with Crippen LogP contribution >= 0.6 is 11.3 Å². The largest absolute Gasteiger partial charge is 0.381 e. The Bertz CT molecular complexity index is 737. The maximum atomic E-state index is 12.2. The summed E-state index contributed by atoms with van der Waals surface area (Å²) in [5.41, 5.74) is 3.02. The maximum absolute atomic E-state index is 12.2. The van der Waals surface area contributed by atoms with Crippen LogP contribution in [0.2, 0.25) is 0 Å². The first-order valence-electron chi connectivity index (χ1n) is 7.22. The van der Waals surface area contributed by atoms with E-state index in [1.807, 2.05) is 24.3 Å². The number of anilines is 2. The summed E-state index contributed by atoms with van der Waals surface area (Å²) in [5.74, 6) is -0.130. The van der Waals surface area contributed by atoms with Gasteiger partial charge >= 0.3 is 0 Å². The lowest BCUT2D eigenvalue weighted by Gasteiger charge is -2.12. The quantitative estimate of drug-likeness (QED) is 0.729. The number of hydrogen-bond acceptors (Lipinski definition) is 5. The van der Waals surface area contributed by atoms with Gasteiger partial charge in [-0.15, -0.1) is 0 Å². The fourth-order valence-corrected chi connectivity index (χ4v) is 2.72. The summed E-state index contributed by atoms with van der Waals surface area (Å²) in [4.78, 5) is 16.0. The third-order valence-electron chi connectivity index (χ3n) is 3.44. The molecule has 6 nitrogen and oxygen atoms in total. The second kappa shape index (κ2) is 7.06. The van der Waals surface area contributed by atoms with Crippen molar-refractivity contribution >= 4 is 28.6 Å². The highest BCUT2D eigenvalue weighted by Gasteiger charge is 2.15. The van der Waals surface area contributed by atoms with Gasteiger partial charge in [-0.2, -0.15) is 16.4 Å². The molecule has 2 heterocycles. The molecule has 0 spiro atoms. The van der Waals surface area contributed by atoms with Crippen molar-refractivity contribution < 1.29 is 4.79 Å². The molecule has 0 aliphatic heterocycles. The zero-order valence-electron chi connectivity index (χ0n) is 12.6. The minimum atomic E-state index is -0.408. The molecule has 0 saturated heterocycles. The lowest BCUT2D eigenvalue weighted by atomic mass is 10.2. The van der Waals surface area contributed by atoms with Gasteiger partial charge in [0.1, 0.15) is 18.7 Å². The average Bonchev–Trinajstić information content (AvgIpc) is 3.27. The molecule has 118 valence electrons. The minimum absolute atomic E-state index is 0.130.